The molecule has 0 N–H and O–H groups in total. The number of rotatable bonds is 4. The zero-order valence-electron chi connectivity index (χ0n) is 17.0. The minimum absolute atomic E-state index is 0.0354. The molecular weight excluding hydrogens is 398 g/mol. The molecule has 0 spiro atoms. The van der Waals surface area contributed by atoms with Crippen LogP contribution in [0.25, 0.3) is 0 Å². The van der Waals surface area contributed by atoms with Crippen molar-refractivity contribution in [1.29, 1.82) is 0 Å². The number of aromatic nitrogens is 1. The monoisotopic (exact) mass is 423 g/mol. The lowest BCUT2D eigenvalue weighted by Gasteiger charge is -2.43. The zero-order valence-corrected chi connectivity index (χ0v) is 17.0. The highest BCUT2D eigenvalue weighted by molar-refractivity contribution is 5.28. The van der Waals surface area contributed by atoms with Crippen molar-refractivity contribution in [2.45, 2.75) is 38.1 Å². The van der Waals surface area contributed by atoms with Crippen molar-refractivity contribution in [3.63, 3.8) is 0 Å². The summed E-state index contributed by atoms with van der Waals surface area (Å²) >= 11 is 0. The lowest BCUT2D eigenvalue weighted by atomic mass is 9.82. The average Bonchev–Trinajstić information content (AvgIpc) is 2.65. The van der Waals surface area contributed by atoms with Crippen LogP contribution in [0.1, 0.15) is 34.7 Å². The molecule has 1 fully saturated rings. The van der Waals surface area contributed by atoms with Gasteiger partial charge in [-0.1, -0.05) is 6.07 Å². The van der Waals surface area contributed by atoms with Crippen LogP contribution < -0.4 is 5.56 Å². The Morgan fingerprint density at radius 2 is 1.83 bits per heavy atom. The minimum Gasteiger partial charge on any atom is -0.312 e. The summed E-state index contributed by atoms with van der Waals surface area (Å²) in [7, 11) is 3.84. The Morgan fingerprint density at radius 1 is 1.07 bits per heavy atom. The topological polar surface area (TPSA) is 28.5 Å². The number of alkyl halides is 3. The third-order valence-corrected chi connectivity index (χ3v) is 6.01. The molecule has 162 valence electrons. The van der Waals surface area contributed by atoms with E-state index in [9.17, 15) is 22.4 Å². The standard InChI is InChI=1S/C22H25F4N3O/c1-27(2)11-15-3-6-20-17-7-14(10-29(20)21(15)30)9-28(13-17)12-16-8-18(22(24,25)26)4-5-19(16)23/h3-6,8,14,17H,7,9-13H2,1-2H3/t14-,17+/m0/s1. The first-order valence-corrected chi connectivity index (χ1v) is 10.1. The largest absolute Gasteiger partial charge is 0.416 e. The van der Waals surface area contributed by atoms with E-state index in [4.69, 9.17) is 0 Å². The lowest BCUT2D eigenvalue weighted by Crippen LogP contribution is -2.47. The van der Waals surface area contributed by atoms with Gasteiger partial charge in [0.2, 0.25) is 0 Å². The van der Waals surface area contributed by atoms with E-state index in [-0.39, 0.29) is 29.5 Å². The smallest absolute Gasteiger partial charge is 0.312 e. The summed E-state index contributed by atoms with van der Waals surface area (Å²) in [6.07, 6.45) is -3.56. The van der Waals surface area contributed by atoms with Crippen LogP contribution in [0, 0.1) is 11.7 Å². The first-order chi connectivity index (χ1) is 14.1. The van der Waals surface area contributed by atoms with Crippen molar-refractivity contribution in [3.8, 4) is 0 Å². The van der Waals surface area contributed by atoms with Crippen LogP contribution >= 0.6 is 0 Å². The Bertz CT molecular complexity index is 999. The maximum absolute atomic E-state index is 14.2. The predicted octanol–water partition coefficient (Wildman–Crippen LogP) is 3.69. The Kier molecular flexibility index (Phi) is 5.48. The van der Waals surface area contributed by atoms with Crippen molar-refractivity contribution >= 4 is 0 Å². The molecule has 4 nitrogen and oxygen atoms in total. The zero-order chi connectivity index (χ0) is 21.6. The van der Waals surface area contributed by atoms with Gasteiger partial charge in [0.1, 0.15) is 5.82 Å². The minimum atomic E-state index is -4.49. The van der Waals surface area contributed by atoms with E-state index >= 15 is 0 Å². The van der Waals surface area contributed by atoms with Crippen LogP contribution in [0.5, 0.6) is 0 Å². The maximum Gasteiger partial charge on any atom is 0.416 e. The summed E-state index contributed by atoms with van der Waals surface area (Å²) in [6.45, 7) is 2.53. The van der Waals surface area contributed by atoms with Gasteiger partial charge < -0.3 is 9.47 Å². The highest BCUT2D eigenvalue weighted by Crippen LogP contribution is 2.36. The number of fused-ring (bicyclic) bond motifs is 4. The maximum atomic E-state index is 14.2. The van der Waals surface area contributed by atoms with Crippen LogP contribution in [0.3, 0.4) is 0 Å². The van der Waals surface area contributed by atoms with Crippen molar-refractivity contribution in [2.75, 3.05) is 27.2 Å². The van der Waals surface area contributed by atoms with E-state index < -0.39 is 17.6 Å². The predicted molar refractivity (Wildman–Crippen MR) is 106 cm³/mol. The molecule has 2 bridgehead atoms. The summed E-state index contributed by atoms with van der Waals surface area (Å²) in [6, 6.07) is 6.45. The van der Waals surface area contributed by atoms with Gasteiger partial charge in [-0.2, -0.15) is 13.2 Å². The van der Waals surface area contributed by atoms with Crippen molar-refractivity contribution in [2.24, 2.45) is 5.92 Å². The summed E-state index contributed by atoms with van der Waals surface area (Å²) in [5.74, 6) is -0.284. The molecule has 3 heterocycles. The van der Waals surface area contributed by atoms with E-state index in [1.54, 1.807) is 0 Å². The number of benzene rings is 1. The molecule has 0 unspecified atom stereocenters. The van der Waals surface area contributed by atoms with Crippen molar-refractivity contribution in [3.05, 3.63) is 68.9 Å². The molecule has 4 rings (SSSR count). The molecule has 30 heavy (non-hydrogen) atoms. The summed E-state index contributed by atoms with van der Waals surface area (Å²) < 4.78 is 55.1. The fourth-order valence-corrected chi connectivity index (χ4v) is 4.79. The molecule has 2 aromatic rings. The number of hydrogen-bond acceptors (Lipinski definition) is 3. The fourth-order valence-electron chi connectivity index (χ4n) is 4.79. The Morgan fingerprint density at radius 3 is 2.53 bits per heavy atom. The molecule has 0 saturated carbocycles. The molecule has 0 aliphatic carbocycles. The molecule has 1 saturated heterocycles. The molecule has 8 heteroatoms. The Labute approximate surface area is 172 Å². The number of halogens is 4. The molecule has 0 amide bonds. The second kappa shape index (κ2) is 7.81. The van der Waals surface area contributed by atoms with Gasteiger partial charge in [0.15, 0.2) is 0 Å². The third-order valence-electron chi connectivity index (χ3n) is 6.01. The van der Waals surface area contributed by atoms with Gasteiger partial charge in [0.25, 0.3) is 5.56 Å². The van der Waals surface area contributed by atoms with Crippen LogP contribution in [0.15, 0.2) is 35.1 Å². The van der Waals surface area contributed by atoms with Gasteiger partial charge >= 0.3 is 6.18 Å². The average molecular weight is 423 g/mol. The number of pyridine rings is 1. The summed E-state index contributed by atoms with van der Waals surface area (Å²) in [5, 5.41) is 0. The highest BCUT2D eigenvalue weighted by Gasteiger charge is 2.36. The molecular formula is C22H25F4N3O. The molecule has 2 aliphatic heterocycles. The van der Waals surface area contributed by atoms with Gasteiger partial charge in [-0.3, -0.25) is 9.69 Å². The molecule has 2 aliphatic rings. The third kappa shape index (κ3) is 4.16. The highest BCUT2D eigenvalue weighted by atomic mass is 19.4. The molecule has 1 aromatic carbocycles. The summed E-state index contributed by atoms with van der Waals surface area (Å²) in [5.41, 5.74) is 0.984. The van der Waals surface area contributed by atoms with E-state index in [1.807, 2.05) is 40.6 Å². The van der Waals surface area contributed by atoms with Gasteiger partial charge in [-0.15, -0.1) is 0 Å². The first-order valence-electron chi connectivity index (χ1n) is 10.1. The van der Waals surface area contributed by atoms with Crippen LogP contribution in [-0.2, 0) is 25.8 Å². The second-order valence-corrected chi connectivity index (χ2v) is 8.73. The van der Waals surface area contributed by atoms with E-state index in [2.05, 4.69) is 0 Å². The van der Waals surface area contributed by atoms with Crippen molar-refractivity contribution < 1.29 is 17.6 Å². The van der Waals surface area contributed by atoms with E-state index in [0.717, 1.165) is 35.9 Å². The van der Waals surface area contributed by atoms with E-state index in [1.165, 1.54) is 0 Å². The Balaban J connectivity index is 1.56. The number of hydrogen-bond donors (Lipinski definition) is 0. The normalized spacial score (nSPS) is 21.7. The number of piperidine rings is 1. The van der Waals surface area contributed by atoms with Gasteiger partial charge in [0.05, 0.1) is 5.56 Å². The second-order valence-electron chi connectivity index (χ2n) is 8.73. The SMILES string of the molecule is CN(C)Cc1ccc2n(c1=O)C[C@H]1C[C@@H]2CN(Cc2cc(C(F)(F)F)ccc2F)C1. The first kappa shape index (κ1) is 21.1. The molecule has 2 atom stereocenters. The van der Waals surface area contributed by atoms with Crippen LogP contribution in [0.2, 0.25) is 0 Å². The number of likely N-dealkylation sites (tertiary alicyclic amines) is 1. The van der Waals surface area contributed by atoms with Gasteiger partial charge in [-0.25, -0.2) is 4.39 Å². The lowest BCUT2D eigenvalue weighted by molar-refractivity contribution is -0.137. The summed E-state index contributed by atoms with van der Waals surface area (Å²) in [4.78, 5) is 16.9. The quantitative estimate of drug-likeness (QED) is 0.703. The Hall–Kier alpha value is -2.19. The van der Waals surface area contributed by atoms with Crippen LogP contribution in [0.4, 0.5) is 17.6 Å². The van der Waals surface area contributed by atoms with Crippen molar-refractivity contribution in [1.82, 2.24) is 14.4 Å². The molecule has 1 aromatic heterocycles. The number of nitrogens with zero attached hydrogens (tertiary/aromatic N) is 3. The van der Waals surface area contributed by atoms with Gasteiger partial charge in [0, 0.05) is 55.5 Å². The van der Waals surface area contributed by atoms with Gasteiger partial charge in [-0.05, 0) is 50.7 Å². The fraction of sp³-hybridized carbons (Fsp3) is 0.500. The molecule has 0 radical (unpaired) electrons. The van der Waals surface area contributed by atoms with E-state index in [0.29, 0.717) is 26.2 Å². The van der Waals surface area contributed by atoms with Crippen LogP contribution in [-0.4, -0.2) is 41.6 Å².